The van der Waals surface area contributed by atoms with Gasteiger partial charge in [0.15, 0.2) is 0 Å². The summed E-state index contributed by atoms with van der Waals surface area (Å²) in [6.07, 6.45) is 3.80. The molecule has 0 amide bonds. The van der Waals surface area contributed by atoms with Gasteiger partial charge in [-0.1, -0.05) is 0 Å². The summed E-state index contributed by atoms with van der Waals surface area (Å²) in [5.74, 6) is 1.42. The number of fused-ring (bicyclic) bond motifs is 3. The van der Waals surface area contributed by atoms with Crippen molar-refractivity contribution in [1.82, 2.24) is 9.55 Å². The Morgan fingerprint density at radius 1 is 1.22 bits per heavy atom. The normalized spacial score (nSPS) is 14.3. The van der Waals surface area contributed by atoms with Crippen molar-refractivity contribution in [2.24, 2.45) is 0 Å². The van der Waals surface area contributed by atoms with E-state index in [9.17, 15) is 9.90 Å². The number of benzene rings is 1. The van der Waals surface area contributed by atoms with Crippen LogP contribution in [0.15, 0.2) is 35.4 Å². The molecule has 0 bridgehead atoms. The average molecular weight is 386 g/mol. The van der Waals surface area contributed by atoms with E-state index in [0.29, 0.717) is 12.4 Å². The summed E-state index contributed by atoms with van der Waals surface area (Å²) in [6, 6.07) is 7.24. The molecule has 0 saturated heterocycles. The van der Waals surface area contributed by atoms with Crippen LogP contribution in [0.4, 0.5) is 0 Å². The van der Waals surface area contributed by atoms with Crippen molar-refractivity contribution in [2.45, 2.75) is 38.8 Å². The number of aliphatic hydroxyl groups is 1. The molecular weight excluding hydrogens is 364 g/mol. The van der Waals surface area contributed by atoms with Crippen LogP contribution in [0.2, 0.25) is 0 Å². The van der Waals surface area contributed by atoms with Crippen molar-refractivity contribution in [1.29, 1.82) is 0 Å². The zero-order valence-electron chi connectivity index (χ0n) is 15.2. The highest BCUT2D eigenvalue weighted by Gasteiger charge is 2.21. The number of thiophene rings is 1. The number of hydrogen-bond acceptors (Lipinski definition) is 6. The van der Waals surface area contributed by atoms with Crippen molar-refractivity contribution >= 4 is 21.6 Å². The van der Waals surface area contributed by atoms with Crippen molar-refractivity contribution in [2.75, 3.05) is 13.2 Å². The van der Waals surface area contributed by atoms with Gasteiger partial charge in [0.2, 0.25) is 0 Å². The molecule has 1 aromatic carbocycles. The van der Waals surface area contributed by atoms with Crippen LogP contribution in [0.3, 0.4) is 0 Å². The molecule has 27 heavy (non-hydrogen) atoms. The standard InChI is InChI=1S/C20H22N2O4S/c1-2-25-14-6-8-15(9-7-14)26-11-13(23)10-22-12-21-19-18(20(22)24)16-4-3-5-17(16)27-19/h6-9,12-13,23H,2-5,10-11H2,1H3. The highest BCUT2D eigenvalue weighted by atomic mass is 32.1. The molecule has 3 aromatic rings. The molecule has 1 N–H and O–H groups in total. The van der Waals surface area contributed by atoms with Crippen LogP contribution in [0.25, 0.3) is 10.2 Å². The zero-order chi connectivity index (χ0) is 18.8. The van der Waals surface area contributed by atoms with E-state index in [-0.39, 0.29) is 18.7 Å². The number of ether oxygens (including phenoxy) is 2. The fraction of sp³-hybridized carbons (Fsp3) is 0.400. The predicted octanol–water partition coefficient (Wildman–Crippen LogP) is 2.79. The van der Waals surface area contributed by atoms with E-state index in [2.05, 4.69) is 4.98 Å². The van der Waals surface area contributed by atoms with E-state index in [1.807, 2.05) is 19.1 Å². The lowest BCUT2D eigenvalue weighted by molar-refractivity contribution is 0.0914. The molecule has 1 aliphatic carbocycles. The summed E-state index contributed by atoms with van der Waals surface area (Å²) in [5.41, 5.74) is 1.08. The lowest BCUT2D eigenvalue weighted by Gasteiger charge is -2.14. The maximum absolute atomic E-state index is 12.8. The number of hydrogen-bond donors (Lipinski definition) is 1. The Morgan fingerprint density at radius 2 is 1.96 bits per heavy atom. The minimum Gasteiger partial charge on any atom is -0.494 e. The molecule has 0 spiro atoms. The molecule has 1 aliphatic rings. The second kappa shape index (κ2) is 7.70. The van der Waals surface area contributed by atoms with E-state index >= 15 is 0 Å². The third-order valence-corrected chi connectivity index (χ3v) is 5.88. The lowest BCUT2D eigenvalue weighted by Crippen LogP contribution is -2.30. The summed E-state index contributed by atoms with van der Waals surface area (Å²) >= 11 is 1.62. The smallest absolute Gasteiger partial charge is 0.262 e. The SMILES string of the molecule is CCOc1ccc(OCC(O)Cn2cnc3sc4c(c3c2=O)CCC4)cc1. The molecule has 0 radical (unpaired) electrons. The Hall–Kier alpha value is -2.38. The van der Waals surface area contributed by atoms with Gasteiger partial charge in [-0.15, -0.1) is 11.3 Å². The topological polar surface area (TPSA) is 73.6 Å². The van der Waals surface area contributed by atoms with E-state index in [1.54, 1.807) is 23.5 Å². The average Bonchev–Trinajstić information content (AvgIpc) is 3.25. The Balaban J connectivity index is 1.43. The molecule has 7 heteroatoms. The van der Waals surface area contributed by atoms with Gasteiger partial charge in [-0.2, -0.15) is 0 Å². The molecule has 0 aliphatic heterocycles. The van der Waals surface area contributed by atoms with Crippen molar-refractivity contribution < 1.29 is 14.6 Å². The molecule has 142 valence electrons. The molecule has 4 rings (SSSR count). The zero-order valence-corrected chi connectivity index (χ0v) is 16.0. The van der Waals surface area contributed by atoms with Crippen LogP contribution in [-0.2, 0) is 19.4 Å². The van der Waals surface area contributed by atoms with Gasteiger partial charge in [-0.05, 0) is 56.0 Å². The van der Waals surface area contributed by atoms with E-state index in [4.69, 9.17) is 9.47 Å². The van der Waals surface area contributed by atoms with E-state index in [0.717, 1.165) is 40.8 Å². The van der Waals surface area contributed by atoms with Gasteiger partial charge in [0.1, 0.15) is 29.0 Å². The van der Waals surface area contributed by atoms with Crippen LogP contribution in [0.5, 0.6) is 11.5 Å². The highest BCUT2D eigenvalue weighted by molar-refractivity contribution is 7.18. The third-order valence-electron chi connectivity index (χ3n) is 4.68. The van der Waals surface area contributed by atoms with Gasteiger partial charge in [0.05, 0.1) is 24.9 Å². The first-order valence-corrected chi connectivity index (χ1v) is 10.0. The Bertz CT molecular complexity index is 994. The van der Waals surface area contributed by atoms with Gasteiger partial charge in [-0.3, -0.25) is 9.36 Å². The first kappa shape index (κ1) is 18.0. The molecule has 0 saturated carbocycles. The number of aryl methyl sites for hydroxylation is 2. The maximum Gasteiger partial charge on any atom is 0.262 e. The fourth-order valence-corrected chi connectivity index (χ4v) is 4.64. The summed E-state index contributed by atoms with van der Waals surface area (Å²) in [7, 11) is 0. The molecule has 2 heterocycles. The lowest BCUT2D eigenvalue weighted by atomic mass is 10.2. The van der Waals surface area contributed by atoms with Crippen LogP contribution in [0.1, 0.15) is 23.8 Å². The van der Waals surface area contributed by atoms with Crippen LogP contribution < -0.4 is 15.0 Å². The number of aromatic nitrogens is 2. The first-order chi connectivity index (χ1) is 13.2. The van der Waals surface area contributed by atoms with Crippen molar-refractivity contribution in [3.63, 3.8) is 0 Å². The monoisotopic (exact) mass is 386 g/mol. The summed E-state index contributed by atoms with van der Waals surface area (Å²) in [6.45, 7) is 2.79. The third kappa shape index (κ3) is 3.70. The van der Waals surface area contributed by atoms with Gasteiger partial charge in [0, 0.05) is 4.88 Å². The maximum atomic E-state index is 12.8. The highest BCUT2D eigenvalue weighted by Crippen LogP contribution is 2.34. The molecule has 2 aromatic heterocycles. The fourth-order valence-electron chi connectivity index (χ4n) is 3.42. The number of aliphatic hydroxyl groups excluding tert-OH is 1. The first-order valence-electron chi connectivity index (χ1n) is 9.19. The molecule has 6 nitrogen and oxygen atoms in total. The van der Waals surface area contributed by atoms with Gasteiger partial charge in [0.25, 0.3) is 5.56 Å². The minimum absolute atomic E-state index is 0.0699. The van der Waals surface area contributed by atoms with Gasteiger partial charge >= 0.3 is 0 Å². The van der Waals surface area contributed by atoms with Crippen LogP contribution in [0, 0.1) is 0 Å². The molecule has 0 fully saturated rings. The number of rotatable bonds is 7. The van der Waals surface area contributed by atoms with Gasteiger partial charge < -0.3 is 14.6 Å². The molecular formula is C20H22N2O4S. The van der Waals surface area contributed by atoms with Crippen LogP contribution >= 0.6 is 11.3 Å². The summed E-state index contributed by atoms with van der Waals surface area (Å²) in [4.78, 5) is 19.3. The summed E-state index contributed by atoms with van der Waals surface area (Å²) in [5, 5.41) is 11.0. The van der Waals surface area contributed by atoms with Crippen LogP contribution in [-0.4, -0.2) is 34.0 Å². The van der Waals surface area contributed by atoms with Gasteiger partial charge in [-0.25, -0.2) is 4.98 Å². The second-order valence-corrected chi connectivity index (χ2v) is 7.69. The number of nitrogens with zero attached hydrogens (tertiary/aromatic N) is 2. The second-order valence-electron chi connectivity index (χ2n) is 6.61. The molecule has 1 unspecified atom stereocenters. The predicted molar refractivity (Wildman–Crippen MR) is 105 cm³/mol. The van der Waals surface area contributed by atoms with Crippen molar-refractivity contribution in [3.05, 3.63) is 51.4 Å². The van der Waals surface area contributed by atoms with Crippen molar-refractivity contribution in [3.8, 4) is 11.5 Å². The Labute approximate surface area is 161 Å². The van der Waals surface area contributed by atoms with E-state index in [1.165, 1.54) is 15.8 Å². The van der Waals surface area contributed by atoms with E-state index < -0.39 is 6.10 Å². The quantitative estimate of drug-likeness (QED) is 0.676. The Morgan fingerprint density at radius 3 is 2.70 bits per heavy atom. The minimum atomic E-state index is -0.805. The largest absolute Gasteiger partial charge is 0.494 e. The molecule has 1 atom stereocenters. The Kier molecular flexibility index (Phi) is 5.13. The summed E-state index contributed by atoms with van der Waals surface area (Å²) < 4.78 is 12.5.